The molecule has 0 bridgehead atoms. The molecule has 2 rings (SSSR count). The third-order valence-electron chi connectivity index (χ3n) is 2.73. The van der Waals surface area contributed by atoms with Crippen LogP contribution in [0, 0.1) is 13.8 Å². The smallest absolute Gasteiger partial charge is 0.123 e. The van der Waals surface area contributed by atoms with Crippen molar-refractivity contribution in [2.45, 2.75) is 25.4 Å². The van der Waals surface area contributed by atoms with Gasteiger partial charge >= 0.3 is 0 Å². The molecule has 0 atom stereocenters. The molecule has 1 aromatic heterocycles. The van der Waals surface area contributed by atoms with E-state index in [4.69, 9.17) is 17.3 Å². The van der Waals surface area contributed by atoms with E-state index in [0.29, 0.717) is 10.8 Å². The Morgan fingerprint density at radius 1 is 1.11 bits per heavy atom. The summed E-state index contributed by atoms with van der Waals surface area (Å²) in [6.45, 7) is 4.25. The van der Waals surface area contributed by atoms with Crippen LogP contribution in [-0.4, -0.2) is 4.98 Å². The largest absolute Gasteiger partial charge is 0.384 e. The van der Waals surface area contributed by atoms with Gasteiger partial charge in [0, 0.05) is 11.5 Å². The molecule has 0 aliphatic rings. The van der Waals surface area contributed by atoms with Gasteiger partial charge in [0.1, 0.15) is 5.82 Å². The van der Waals surface area contributed by atoms with Gasteiger partial charge in [-0.25, -0.2) is 4.98 Å². The number of halogens is 1. The molecule has 0 aliphatic carbocycles. The van der Waals surface area contributed by atoms with E-state index in [-0.39, 0.29) is 0 Å². The van der Waals surface area contributed by atoms with Crippen molar-refractivity contribution in [3.05, 3.63) is 57.7 Å². The molecule has 2 nitrogen and oxygen atoms in total. The number of nitrogens with two attached hydrogens (primary N) is 1. The molecule has 4 heteroatoms. The fourth-order valence-corrected chi connectivity index (χ4v) is 3.19. The number of hydrogen-bond donors (Lipinski definition) is 1. The van der Waals surface area contributed by atoms with Crippen molar-refractivity contribution >= 4 is 29.2 Å². The summed E-state index contributed by atoms with van der Waals surface area (Å²) in [6, 6.07) is 10.1. The number of benzene rings is 1. The van der Waals surface area contributed by atoms with E-state index in [1.807, 2.05) is 0 Å². The summed E-state index contributed by atoms with van der Waals surface area (Å²) in [4.78, 5) is 4.26. The Bertz CT molecular complexity index is 564. The highest BCUT2D eigenvalue weighted by atomic mass is 35.5. The van der Waals surface area contributed by atoms with Gasteiger partial charge in [-0.2, -0.15) is 11.8 Å². The van der Waals surface area contributed by atoms with Crippen LogP contribution in [0.4, 0.5) is 5.82 Å². The molecule has 0 unspecified atom stereocenters. The second-order valence-electron chi connectivity index (χ2n) is 4.65. The lowest BCUT2D eigenvalue weighted by Crippen LogP contribution is -1.95. The number of hydrogen-bond acceptors (Lipinski definition) is 3. The van der Waals surface area contributed by atoms with Gasteiger partial charge in [0.05, 0.1) is 10.7 Å². The number of anilines is 1. The van der Waals surface area contributed by atoms with Gasteiger partial charge in [-0.3, -0.25) is 0 Å². The van der Waals surface area contributed by atoms with E-state index in [1.54, 1.807) is 23.9 Å². The molecule has 2 aromatic rings. The zero-order chi connectivity index (χ0) is 13.8. The van der Waals surface area contributed by atoms with Crippen LogP contribution < -0.4 is 5.73 Å². The third-order valence-corrected chi connectivity index (χ3v) is 4.09. The van der Waals surface area contributed by atoms with Crippen molar-refractivity contribution in [1.82, 2.24) is 4.98 Å². The molecule has 2 N–H and O–H groups in total. The normalized spacial score (nSPS) is 10.7. The lowest BCUT2D eigenvalue weighted by atomic mass is 10.1. The molecule has 0 radical (unpaired) electrons. The number of pyridine rings is 1. The summed E-state index contributed by atoms with van der Waals surface area (Å²) >= 11 is 7.89. The molecule has 0 saturated carbocycles. The zero-order valence-corrected chi connectivity index (χ0v) is 12.7. The van der Waals surface area contributed by atoms with E-state index in [9.17, 15) is 0 Å². The zero-order valence-electron chi connectivity index (χ0n) is 11.1. The topological polar surface area (TPSA) is 38.9 Å². The van der Waals surface area contributed by atoms with E-state index in [0.717, 1.165) is 17.2 Å². The Hall–Kier alpha value is -1.19. The average molecular weight is 293 g/mol. The summed E-state index contributed by atoms with van der Waals surface area (Å²) < 4.78 is 0. The molecule has 1 heterocycles. The van der Waals surface area contributed by atoms with Gasteiger partial charge in [0.2, 0.25) is 0 Å². The van der Waals surface area contributed by atoms with Crippen LogP contribution in [-0.2, 0) is 11.5 Å². The minimum absolute atomic E-state index is 0.520. The first-order chi connectivity index (χ1) is 9.04. The maximum absolute atomic E-state index is 6.10. The SMILES string of the molecule is Cc1cc(C)cc(CSCc2nc(N)ccc2Cl)c1. The molecule has 0 saturated heterocycles. The Labute approximate surface area is 123 Å². The number of aromatic nitrogens is 1. The third kappa shape index (κ3) is 4.15. The van der Waals surface area contributed by atoms with Crippen LogP contribution in [0.15, 0.2) is 30.3 Å². The fraction of sp³-hybridized carbons (Fsp3) is 0.267. The Balaban J connectivity index is 1.98. The Morgan fingerprint density at radius 2 is 1.79 bits per heavy atom. The summed E-state index contributed by atoms with van der Waals surface area (Å²) in [5, 5.41) is 0.683. The second kappa shape index (κ2) is 6.31. The number of nitrogens with zero attached hydrogens (tertiary/aromatic N) is 1. The van der Waals surface area contributed by atoms with Crippen molar-refractivity contribution < 1.29 is 0 Å². The van der Waals surface area contributed by atoms with Gasteiger partial charge in [-0.1, -0.05) is 40.9 Å². The van der Waals surface area contributed by atoms with Gasteiger partial charge in [0.25, 0.3) is 0 Å². The predicted octanol–water partition coefficient (Wildman–Crippen LogP) is 4.37. The molecule has 0 aliphatic heterocycles. The highest BCUT2D eigenvalue weighted by Gasteiger charge is 2.04. The average Bonchev–Trinajstić information content (AvgIpc) is 2.32. The monoisotopic (exact) mass is 292 g/mol. The van der Waals surface area contributed by atoms with Crippen LogP contribution in [0.3, 0.4) is 0 Å². The molecule has 19 heavy (non-hydrogen) atoms. The van der Waals surface area contributed by atoms with Crippen molar-refractivity contribution in [2.24, 2.45) is 0 Å². The first-order valence-electron chi connectivity index (χ1n) is 6.10. The highest BCUT2D eigenvalue weighted by molar-refractivity contribution is 7.97. The molecule has 0 fully saturated rings. The van der Waals surface area contributed by atoms with Gasteiger partial charge < -0.3 is 5.73 Å². The molecule has 0 amide bonds. The minimum atomic E-state index is 0.520. The first kappa shape index (κ1) is 14.2. The minimum Gasteiger partial charge on any atom is -0.384 e. The second-order valence-corrected chi connectivity index (χ2v) is 6.05. The molecule has 100 valence electrons. The van der Waals surface area contributed by atoms with E-state index in [2.05, 4.69) is 37.0 Å². The Kier molecular flexibility index (Phi) is 4.72. The van der Waals surface area contributed by atoms with Crippen LogP contribution in [0.5, 0.6) is 0 Å². The summed E-state index contributed by atoms with van der Waals surface area (Å²) in [6.07, 6.45) is 0. The van der Waals surface area contributed by atoms with Crippen molar-refractivity contribution in [2.75, 3.05) is 5.73 Å². The van der Waals surface area contributed by atoms with Crippen molar-refractivity contribution in [1.29, 1.82) is 0 Å². The quantitative estimate of drug-likeness (QED) is 0.909. The summed E-state index contributed by atoms with van der Waals surface area (Å²) in [5.74, 6) is 2.25. The number of thioether (sulfide) groups is 1. The molecule has 0 spiro atoms. The van der Waals surface area contributed by atoms with Crippen molar-refractivity contribution in [3.63, 3.8) is 0 Å². The highest BCUT2D eigenvalue weighted by Crippen LogP contribution is 2.23. The van der Waals surface area contributed by atoms with Crippen LogP contribution in [0.25, 0.3) is 0 Å². The summed E-state index contributed by atoms with van der Waals surface area (Å²) in [7, 11) is 0. The van der Waals surface area contributed by atoms with E-state index in [1.165, 1.54) is 16.7 Å². The van der Waals surface area contributed by atoms with Crippen LogP contribution in [0.1, 0.15) is 22.4 Å². The van der Waals surface area contributed by atoms with E-state index >= 15 is 0 Å². The van der Waals surface area contributed by atoms with Gasteiger partial charge in [0.15, 0.2) is 0 Å². The van der Waals surface area contributed by atoms with Gasteiger partial charge in [-0.05, 0) is 31.5 Å². The Morgan fingerprint density at radius 3 is 2.47 bits per heavy atom. The number of aryl methyl sites for hydroxylation is 2. The summed E-state index contributed by atoms with van der Waals surface area (Å²) in [5.41, 5.74) is 10.5. The number of rotatable bonds is 4. The van der Waals surface area contributed by atoms with Crippen LogP contribution in [0.2, 0.25) is 5.02 Å². The van der Waals surface area contributed by atoms with E-state index < -0.39 is 0 Å². The molecular weight excluding hydrogens is 276 g/mol. The van der Waals surface area contributed by atoms with Crippen molar-refractivity contribution in [3.8, 4) is 0 Å². The van der Waals surface area contributed by atoms with Gasteiger partial charge in [-0.15, -0.1) is 0 Å². The maximum Gasteiger partial charge on any atom is 0.123 e. The maximum atomic E-state index is 6.10. The molecular formula is C15H17ClN2S. The molecule has 1 aromatic carbocycles. The number of nitrogen functional groups attached to an aromatic ring is 1. The lowest BCUT2D eigenvalue weighted by molar-refractivity contribution is 1.18. The predicted molar refractivity (Wildman–Crippen MR) is 84.6 cm³/mol. The fourth-order valence-electron chi connectivity index (χ4n) is 2.02. The first-order valence-corrected chi connectivity index (χ1v) is 7.63. The standard InChI is InChI=1S/C15H17ClN2S/c1-10-5-11(2)7-12(6-10)8-19-9-14-13(16)3-4-15(17)18-14/h3-7H,8-9H2,1-2H3,(H2,17,18). The lowest BCUT2D eigenvalue weighted by Gasteiger charge is -2.06. The van der Waals surface area contributed by atoms with Crippen LogP contribution >= 0.6 is 23.4 Å².